The number of nitrogens with two attached hydrogens (primary N) is 1. The van der Waals surface area contributed by atoms with Crippen molar-refractivity contribution in [2.75, 3.05) is 12.8 Å². The number of fused-ring (bicyclic) bond motifs is 1. The Morgan fingerprint density at radius 2 is 1.95 bits per heavy atom. The highest BCUT2D eigenvalue weighted by atomic mass is 16.5. The van der Waals surface area contributed by atoms with Gasteiger partial charge in [-0.1, -0.05) is 19.1 Å². The van der Waals surface area contributed by atoms with Crippen molar-refractivity contribution in [1.29, 1.82) is 0 Å². The molecule has 0 amide bonds. The number of carbonyl (C=O) groups excluding carboxylic acids is 1. The molecule has 2 aromatic rings. The fourth-order valence-electron chi connectivity index (χ4n) is 3.05. The first-order valence-corrected chi connectivity index (χ1v) is 7.44. The lowest BCUT2D eigenvalue weighted by atomic mass is 9.81. The van der Waals surface area contributed by atoms with Crippen molar-refractivity contribution in [2.24, 2.45) is 0 Å². The van der Waals surface area contributed by atoms with E-state index in [4.69, 9.17) is 10.5 Å². The van der Waals surface area contributed by atoms with E-state index >= 15 is 0 Å². The van der Waals surface area contributed by atoms with Gasteiger partial charge in [0, 0.05) is 6.42 Å². The summed E-state index contributed by atoms with van der Waals surface area (Å²) in [5, 5.41) is 0. The number of methoxy groups -OCH3 is 1. The van der Waals surface area contributed by atoms with E-state index in [1.165, 1.54) is 0 Å². The quantitative estimate of drug-likeness (QED) is 0.942. The summed E-state index contributed by atoms with van der Waals surface area (Å²) in [6, 6.07) is 7.85. The Morgan fingerprint density at radius 3 is 2.59 bits per heavy atom. The second kappa shape index (κ2) is 5.75. The molecule has 1 aromatic heterocycles. The number of Topliss-reactive ketones (excluding diaryl/α,β-unsaturated/α-hetero) is 1. The molecule has 0 aliphatic heterocycles. The SMILES string of the molecule is CCc1nc(N)nc2c1C(=O)C[C@@H](c1ccc(OC)cc1)C2. The largest absolute Gasteiger partial charge is 0.497 e. The number of nitrogens with zero attached hydrogens (tertiary/aromatic N) is 2. The average Bonchev–Trinajstić information content (AvgIpc) is 2.53. The summed E-state index contributed by atoms with van der Waals surface area (Å²) in [6.45, 7) is 1.98. The normalized spacial score (nSPS) is 17.2. The van der Waals surface area contributed by atoms with Gasteiger partial charge in [0.2, 0.25) is 5.95 Å². The van der Waals surface area contributed by atoms with Crippen LogP contribution in [0.25, 0.3) is 0 Å². The number of benzene rings is 1. The molecule has 5 heteroatoms. The Kier molecular flexibility index (Phi) is 3.79. The number of carbonyl (C=O) groups is 1. The zero-order chi connectivity index (χ0) is 15.7. The van der Waals surface area contributed by atoms with E-state index in [9.17, 15) is 4.79 Å². The molecule has 0 saturated heterocycles. The van der Waals surface area contributed by atoms with Crippen LogP contribution in [0.2, 0.25) is 0 Å². The minimum absolute atomic E-state index is 0.110. The van der Waals surface area contributed by atoms with Gasteiger partial charge in [0.05, 0.1) is 24.1 Å². The molecular weight excluding hydrogens is 278 g/mol. The molecule has 1 atom stereocenters. The van der Waals surface area contributed by atoms with Gasteiger partial charge in [0.15, 0.2) is 5.78 Å². The molecule has 1 heterocycles. The van der Waals surface area contributed by atoms with Crippen molar-refractivity contribution in [3.8, 4) is 5.75 Å². The Morgan fingerprint density at radius 1 is 1.23 bits per heavy atom. The smallest absolute Gasteiger partial charge is 0.220 e. The summed E-state index contributed by atoms with van der Waals surface area (Å²) in [4.78, 5) is 21.0. The summed E-state index contributed by atoms with van der Waals surface area (Å²) in [5.74, 6) is 1.30. The monoisotopic (exact) mass is 297 g/mol. The summed E-state index contributed by atoms with van der Waals surface area (Å²) in [5.41, 5.74) is 9.12. The zero-order valence-electron chi connectivity index (χ0n) is 12.8. The third kappa shape index (κ3) is 2.54. The van der Waals surface area contributed by atoms with Crippen molar-refractivity contribution < 1.29 is 9.53 Å². The van der Waals surface area contributed by atoms with Gasteiger partial charge in [-0.25, -0.2) is 9.97 Å². The Hall–Kier alpha value is -2.43. The summed E-state index contributed by atoms with van der Waals surface area (Å²) < 4.78 is 5.18. The first kappa shape index (κ1) is 14.5. The van der Waals surface area contributed by atoms with Crippen LogP contribution < -0.4 is 10.5 Å². The van der Waals surface area contributed by atoms with E-state index in [-0.39, 0.29) is 17.6 Å². The van der Waals surface area contributed by atoms with E-state index in [0.717, 1.165) is 22.7 Å². The molecule has 22 heavy (non-hydrogen) atoms. The van der Waals surface area contributed by atoms with Crippen LogP contribution in [-0.4, -0.2) is 22.9 Å². The predicted molar refractivity (Wildman–Crippen MR) is 84.2 cm³/mol. The van der Waals surface area contributed by atoms with Gasteiger partial charge in [-0.2, -0.15) is 0 Å². The maximum Gasteiger partial charge on any atom is 0.220 e. The fourth-order valence-corrected chi connectivity index (χ4v) is 3.05. The van der Waals surface area contributed by atoms with Gasteiger partial charge >= 0.3 is 0 Å². The zero-order valence-corrected chi connectivity index (χ0v) is 12.8. The van der Waals surface area contributed by atoms with E-state index in [2.05, 4.69) is 9.97 Å². The number of rotatable bonds is 3. The lowest BCUT2D eigenvalue weighted by Crippen LogP contribution is -2.23. The highest BCUT2D eigenvalue weighted by molar-refractivity contribution is 5.99. The molecule has 0 bridgehead atoms. The van der Waals surface area contributed by atoms with E-state index in [1.807, 2.05) is 31.2 Å². The lowest BCUT2D eigenvalue weighted by molar-refractivity contribution is 0.0961. The molecule has 1 aromatic carbocycles. The van der Waals surface area contributed by atoms with Gasteiger partial charge in [-0.15, -0.1) is 0 Å². The van der Waals surface area contributed by atoms with Crippen LogP contribution in [0.15, 0.2) is 24.3 Å². The number of hydrogen-bond acceptors (Lipinski definition) is 5. The van der Waals surface area contributed by atoms with Crippen molar-refractivity contribution in [1.82, 2.24) is 9.97 Å². The van der Waals surface area contributed by atoms with Crippen LogP contribution >= 0.6 is 0 Å². The third-order valence-electron chi connectivity index (χ3n) is 4.15. The molecule has 5 nitrogen and oxygen atoms in total. The van der Waals surface area contributed by atoms with Crippen LogP contribution in [0.3, 0.4) is 0 Å². The summed E-state index contributed by atoms with van der Waals surface area (Å²) in [6.07, 6.45) is 1.89. The maximum absolute atomic E-state index is 12.5. The number of nitrogen functional groups attached to an aromatic ring is 1. The number of hydrogen-bond donors (Lipinski definition) is 1. The Balaban J connectivity index is 1.96. The number of aryl methyl sites for hydroxylation is 1. The molecule has 1 aliphatic carbocycles. The average molecular weight is 297 g/mol. The Bertz CT molecular complexity index is 711. The third-order valence-corrected chi connectivity index (χ3v) is 4.15. The second-order valence-electron chi connectivity index (χ2n) is 5.51. The first-order valence-electron chi connectivity index (χ1n) is 7.44. The van der Waals surface area contributed by atoms with Crippen LogP contribution in [-0.2, 0) is 12.8 Å². The fraction of sp³-hybridized carbons (Fsp3) is 0.353. The van der Waals surface area contributed by atoms with Gasteiger partial charge in [-0.3, -0.25) is 4.79 Å². The minimum atomic E-state index is 0.110. The van der Waals surface area contributed by atoms with Gasteiger partial charge in [-0.05, 0) is 36.5 Å². The standard InChI is InChI=1S/C17H19N3O2/c1-3-13-16-14(20-17(18)19-13)8-11(9-15(16)21)10-4-6-12(22-2)7-5-10/h4-7,11H,3,8-9H2,1-2H3,(H2,18,19,20)/t11-/m0/s1. The van der Waals surface area contributed by atoms with Crippen molar-refractivity contribution in [3.05, 3.63) is 46.8 Å². The van der Waals surface area contributed by atoms with E-state index < -0.39 is 0 Å². The summed E-state index contributed by atoms with van der Waals surface area (Å²) >= 11 is 0. The van der Waals surface area contributed by atoms with Gasteiger partial charge in [0.1, 0.15) is 5.75 Å². The van der Waals surface area contributed by atoms with Crippen molar-refractivity contribution in [3.63, 3.8) is 0 Å². The van der Waals surface area contributed by atoms with E-state index in [0.29, 0.717) is 24.8 Å². The number of ether oxygens (including phenoxy) is 1. The molecule has 0 unspecified atom stereocenters. The van der Waals surface area contributed by atoms with Crippen LogP contribution in [0.1, 0.15) is 46.6 Å². The number of aromatic nitrogens is 2. The number of anilines is 1. The van der Waals surface area contributed by atoms with Crippen molar-refractivity contribution >= 4 is 11.7 Å². The molecule has 0 fully saturated rings. The van der Waals surface area contributed by atoms with Crippen LogP contribution in [0.5, 0.6) is 5.75 Å². The summed E-state index contributed by atoms with van der Waals surface area (Å²) in [7, 11) is 1.64. The van der Waals surface area contributed by atoms with E-state index in [1.54, 1.807) is 7.11 Å². The minimum Gasteiger partial charge on any atom is -0.497 e. The maximum atomic E-state index is 12.5. The topological polar surface area (TPSA) is 78.1 Å². The number of ketones is 1. The molecule has 1 aliphatic rings. The molecule has 2 N–H and O–H groups in total. The van der Waals surface area contributed by atoms with Crippen LogP contribution in [0.4, 0.5) is 5.95 Å². The first-order chi connectivity index (χ1) is 10.6. The predicted octanol–water partition coefficient (Wildman–Crippen LogP) is 2.54. The van der Waals surface area contributed by atoms with Crippen LogP contribution in [0, 0.1) is 0 Å². The molecular formula is C17H19N3O2. The highest BCUT2D eigenvalue weighted by Crippen LogP contribution is 2.34. The van der Waals surface area contributed by atoms with Crippen molar-refractivity contribution in [2.45, 2.75) is 32.1 Å². The lowest BCUT2D eigenvalue weighted by Gasteiger charge is -2.24. The van der Waals surface area contributed by atoms with Gasteiger partial charge in [0.25, 0.3) is 0 Å². The molecule has 114 valence electrons. The molecule has 0 spiro atoms. The molecule has 3 rings (SSSR count). The highest BCUT2D eigenvalue weighted by Gasteiger charge is 2.30. The van der Waals surface area contributed by atoms with Gasteiger partial charge < -0.3 is 10.5 Å². The Labute approximate surface area is 129 Å². The molecule has 0 radical (unpaired) electrons. The molecule has 0 saturated carbocycles. The second-order valence-corrected chi connectivity index (χ2v) is 5.51.